The normalized spacial score (nSPS) is 11.3. The number of hydrogen-bond acceptors (Lipinski definition) is 0. The van der Waals surface area contributed by atoms with Gasteiger partial charge in [0, 0.05) is 0 Å². The van der Waals surface area contributed by atoms with Crippen molar-refractivity contribution in [2.24, 2.45) is 0 Å². The lowest BCUT2D eigenvalue weighted by Gasteiger charge is -2.18. The van der Waals surface area contributed by atoms with E-state index in [1.54, 1.807) is 0 Å². The van der Waals surface area contributed by atoms with Gasteiger partial charge >= 0.3 is 0 Å². The first kappa shape index (κ1) is 20.7. The fourth-order valence-electron chi connectivity index (χ4n) is 5.57. The Bertz CT molecular complexity index is 1810. The minimum Gasteiger partial charge on any atom is -0.0622 e. The minimum absolute atomic E-state index is 1.24. The van der Waals surface area contributed by atoms with Crippen molar-refractivity contribution < 1.29 is 0 Å². The first-order valence-corrected chi connectivity index (χ1v) is 12.5. The van der Waals surface area contributed by atoms with Crippen LogP contribution in [0.1, 0.15) is 0 Å². The quantitative estimate of drug-likeness (QED) is 0.232. The van der Waals surface area contributed by atoms with Crippen LogP contribution in [-0.2, 0) is 0 Å². The number of benzene rings is 7. The first-order valence-electron chi connectivity index (χ1n) is 12.5. The molecule has 0 N–H and O–H groups in total. The van der Waals surface area contributed by atoms with Crippen LogP contribution >= 0.6 is 0 Å². The Labute approximate surface area is 211 Å². The van der Waals surface area contributed by atoms with Gasteiger partial charge < -0.3 is 0 Å². The molecule has 0 saturated carbocycles. The van der Waals surface area contributed by atoms with Crippen LogP contribution < -0.4 is 0 Å². The summed E-state index contributed by atoms with van der Waals surface area (Å²) in [7, 11) is 0. The minimum atomic E-state index is 1.24. The lowest BCUT2D eigenvalue weighted by Crippen LogP contribution is -1.90. The average Bonchev–Trinajstić information content (AvgIpc) is 2.96. The summed E-state index contributed by atoms with van der Waals surface area (Å²) in [5.41, 5.74) is 7.59. The Balaban J connectivity index is 1.53. The smallest absolute Gasteiger partial charge is 0.00262 e. The highest BCUT2D eigenvalue weighted by molar-refractivity contribution is 6.21. The first-order chi connectivity index (χ1) is 17.9. The molecule has 0 bridgehead atoms. The van der Waals surface area contributed by atoms with Crippen LogP contribution in [0.3, 0.4) is 0 Å². The molecule has 0 aliphatic carbocycles. The molecule has 0 aromatic heterocycles. The molecular formula is C36H24. The van der Waals surface area contributed by atoms with Gasteiger partial charge in [-0.2, -0.15) is 0 Å². The van der Waals surface area contributed by atoms with Crippen molar-refractivity contribution >= 4 is 32.3 Å². The molecule has 7 aromatic carbocycles. The highest BCUT2D eigenvalue weighted by Gasteiger charge is 2.16. The molecule has 0 atom stereocenters. The van der Waals surface area contributed by atoms with Crippen molar-refractivity contribution in [3.63, 3.8) is 0 Å². The zero-order chi connectivity index (χ0) is 23.9. The summed E-state index contributed by atoms with van der Waals surface area (Å²) in [4.78, 5) is 0. The summed E-state index contributed by atoms with van der Waals surface area (Å²) in [6, 6.07) is 52.7. The molecule has 0 heterocycles. The Hall–Kier alpha value is -4.68. The summed E-state index contributed by atoms with van der Waals surface area (Å²) in [6.07, 6.45) is 0. The predicted molar refractivity (Wildman–Crippen MR) is 155 cm³/mol. The van der Waals surface area contributed by atoms with Crippen LogP contribution in [-0.4, -0.2) is 0 Å². The lowest BCUT2D eigenvalue weighted by molar-refractivity contribution is 1.64. The van der Waals surface area contributed by atoms with Crippen LogP contribution in [0.4, 0.5) is 0 Å². The Morgan fingerprint density at radius 3 is 1.22 bits per heavy atom. The van der Waals surface area contributed by atoms with Crippen molar-refractivity contribution in [1.29, 1.82) is 0 Å². The molecule has 0 saturated heterocycles. The van der Waals surface area contributed by atoms with E-state index in [9.17, 15) is 0 Å². The molecule has 0 unspecified atom stereocenters. The van der Waals surface area contributed by atoms with Crippen LogP contribution in [0.2, 0.25) is 0 Å². The van der Waals surface area contributed by atoms with Crippen molar-refractivity contribution in [2.45, 2.75) is 0 Å². The lowest BCUT2D eigenvalue weighted by atomic mass is 9.85. The van der Waals surface area contributed by atoms with Gasteiger partial charge in [0.1, 0.15) is 0 Å². The van der Waals surface area contributed by atoms with Crippen molar-refractivity contribution in [3.05, 3.63) is 146 Å². The molecule has 0 amide bonds. The van der Waals surface area contributed by atoms with Crippen molar-refractivity contribution in [2.75, 3.05) is 0 Å². The van der Waals surface area contributed by atoms with Gasteiger partial charge in [-0.15, -0.1) is 0 Å². The summed E-state index contributed by atoms with van der Waals surface area (Å²) in [5, 5.41) is 7.66. The topological polar surface area (TPSA) is 0 Å². The molecule has 168 valence electrons. The van der Waals surface area contributed by atoms with Crippen LogP contribution in [0.25, 0.3) is 65.7 Å². The van der Waals surface area contributed by atoms with E-state index >= 15 is 0 Å². The van der Waals surface area contributed by atoms with Gasteiger partial charge in [0.2, 0.25) is 0 Å². The van der Waals surface area contributed by atoms with Gasteiger partial charge in [-0.25, -0.2) is 0 Å². The molecule has 7 aromatic rings. The molecular weight excluding hydrogens is 432 g/mol. The summed E-state index contributed by atoms with van der Waals surface area (Å²) in [5.74, 6) is 0. The summed E-state index contributed by atoms with van der Waals surface area (Å²) < 4.78 is 0. The second-order valence-corrected chi connectivity index (χ2v) is 9.35. The predicted octanol–water partition coefficient (Wildman–Crippen LogP) is 10.1. The third-order valence-electron chi connectivity index (χ3n) is 7.23. The van der Waals surface area contributed by atoms with Crippen molar-refractivity contribution in [3.8, 4) is 33.4 Å². The SMILES string of the molecule is c1ccc(-c2ccc3ccc(-c4c5ccccc5c(-c5ccccc5)c5ccccc45)cc3c2)cc1. The van der Waals surface area contributed by atoms with E-state index in [0.717, 1.165) is 0 Å². The van der Waals surface area contributed by atoms with E-state index in [1.165, 1.54) is 65.7 Å². The van der Waals surface area contributed by atoms with E-state index in [-0.39, 0.29) is 0 Å². The standard InChI is InChI=1S/C36H24/c1-3-11-25(12-4-1)28-21-19-26-20-22-29(24-30(26)23-28)36-33-17-9-7-15-31(33)35(27-13-5-2-6-14-27)32-16-8-10-18-34(32)36/h1-24H. The van der Waals surface area contributed by atoms with E-state index in [4.69, 9.17) is 0 Å². The van der Waals surface area contributed by atoms with E-state index in [0.29, 0.717) is 0 Å². The molecule has 0 fully saturated rings. The molecule has 7 rings (SSSR count). The summed E-state index contributed by atoms with van der Waals surface area (Å²) in [6.45, 7) is 0. The maximum absolute atomic E-state index is 2.36. The Morgan fingerprint density at radius 1 is 0.250 bits per heavy atom. The van der Waals surface area contributed by atoms with Crippen molar-refractivity contribution in [1.82, 2.24) is 0 Å². The zero-order valence-corrected chi connectivity index (χ0v) is 19.9. The second kappa shape index (κ2) is 8.52. The van der Waals surface area contributed by atoms with Crippen LogP contribution in [0.5, 0.6) is 0 Å². The van der Waals surface area contributed by atoms with Gasteiger partial charge in [-0.1, -0.05) is 133 Å². The Kier molecular flexibility index (Phi) is 4.89. The van der Waals surface area contributed by atoms with E-state index in [2.05, 4.69) is 146 Å². The van der Waals surface area contributed by atoms with E-state index < -0.39 is 0 Å². The fourth-order valence-corrected chi connectivity index (χ4v) is 5.57. The maximum atomic E-state index is 2.36. The molecule has 0 nitrogen and oxygen atoms in total. The van der Waals surface area contributed by atoms with Gasteiger partial charge in [-0.05, 0) is 77.8 Å². The number of hydrogen-bond donors (Lipinski definition) is 0. The van der Waals surface area contributed by atoms with Gasteiger partial charge in [0.05, 0.1) is 0 Å². The Morgan fingerprint density at radius 2 is 0.667 bits per heavy atom. The van der Waals surface area contributed by atoms with E-state index in [1.807, 2.05) is 0 Å². The molecule has 0 aliphatic heterocycles. The molecule has 0 heteroatoms. The highest BCUT2D eigenvalue weighted by atomic mass is 14.2. The van der Waals surface area contributed by atoms with Gasteiger partial charge in [0.25, 0.3) is 0 Å². The second-order valence-electron chi connectivity index (χ2n) is 9.35. The number of fused-ring (bicyclic) bond motifs is 3. The monoisotopic (exact) mass is 456 g/mol. The average molecular weight is 457 g/mol. The number of rotatable bonds is 3. The molecule has 36 heavy (non-hydrogen) atoms. The molecule has 0 radical (unpaired) electrons. The highest BCUT2D eigenvalue weighted by Crippen LogP contribution is 2.44. The van der Waals surface area contributed by atoms with Crippen LogP contribution in [0, 0.1) is 0 Å². The van der Waals surface area contributed by atoms with Gasteiger partial charge in [-0.3, -0.25) is 0 Å². The summed E-state index contributed by atoms with van der Waals surface area (Å²) >= 11 is 0. The third kappa shape index (κ3) is 3.39. The fraction of sp³-hybridized carbons (Fsp3) is 0. The molecule has 0 spiro atoms. The third-order valence-corrected chi connectivity index (χ3v) is 7.23. The van der Waals surface area contributed by atoms with Crippen LogP contribution in [0.15, 0.2) is 146 Å². The largest absolute Gasteiger partial charge is 0.0622 e. The maximum Gasteiger partial charge on any atom is -0.00262 e. The van der Waals surface area contributed by atoms with Gasteiger partial charge in [0.15, 0.2) is 0 Å². The zero-order valence-electron chi connectivity index (χ0n) is 19.9. The molecule has 0 aliphatic rings.